The van der Waals surface area contributed by atoms with E-state index in [4.69, 9.17) is 4.52 Å². The van der Waals surface area contributed by atoms with Crippen LogP contribution >= 0.6 is 15.9 Å². The molecule has 1 aromatic heterocycles. The maximum absolute atomic E-state index is 12.3. The molecule has 1 N–H and O–H groups in total. The molecule has 0 atom stereocenters. The summed E-state index contributed by atoms with van der Waals surface area (Å²) in [5.41, 5.74) is 1.36. The van der Waals surface area contributed by atoms with E-state index in [1.54, 1.807) is 31.2 Å². The third-order valence-corrected chi connectivity index (χ3v) is 4.78. The minimum atomic E-state index is -3.69. The molecule has 5 nitrogen and oxygen atoms in total. The molecule has 2 rings (SSSR count). The standard InChI is InChI=1S/C13H15BrN2O3S/c1-8(2)11-7-13(19-15-11)16-20(17,18)12-6-10(14)5-4-9(12)3/h4-8,16H,1-3H3. The average molecular weight is 359 g/mol. The van der Waals surface area contributed by atoms with Crippen molar-refractivity contribution in [3.63, 3.8) is 0 Å². The minimum absolute atomic E-state index is 0.119. The first kappa shape index (κ1) is 15.1. The Balaban J connectivity index is 2.33. The van der Waals surface area contributed by atoms with Gasteiger partial charge in [0.15, 0.2) is 0 Å². The number of hydrogen-bond acceptors (Lipinski definition) is 4. The molecule has 0 fully saturated rings. The maximum atomic E-state index is 12.3. The Kier molecular flexibility index (Phi) is 4.19. The zero-order valence-corrected chi connectivity index (χ0v) is 13.7. The first-order valence-corrected chi connectivity index (χ1v) is 8.33. The van der Waals surface area contributed by atoms with Crippen molar-refractivity contribution in [3.05, 3.63) is 40.0 Å². The van der Waals surface area contributed by atoms with Crippen LogP contribution in [0.4, 0.5) is 5.88 Å². The maximum Gasteiger partial charge on any atom is 0.264 e. The van der Waals surface area contributed by atoms with E-state index in [-0.39, 0.29) is 16.7 Å². The number of aryl methyl sites for hydroxylation is 1. The molecule has 0 bridgehead atoms. The van der Waals surface area contributed by atoms with Gasteiger partial charge in [-0.2, -0.15) is 0 Å². The number of nitrogens with zero attached hydrogens (tertiary/aromatic N) is 1. The summed E-state index contributed by atoms with van der Waals surface area (Å²) in [6.45, 7) is 5.64. The Morgan fingerprint density at radius 3 is 2.60 bits per heavy atom. The van der Waals surface area contributed by atoms with Crippen molar-refractivity contribution < 1.29 is 12.9 Å². The van der Waals surface area contributed by atoms with Gasteiger partial charge in [0.25, 0.3) is 10.0 Å². The van der Waals surface area contributed by atoms with Crippen molar-refractivity contribution >= 4 is 31.8 Å². The van der Waals surface area contributed by atoms with Crippen LogP contribution in [-0.2, 0) is 10.0 Å². The number of sulfonamides is 1. The summed E-state index contributed by atoms with van der Waals surface area (Å²) in [6.07, 6.45) is 0. The van der Waals surface area contributed by atoms with Crippen LogP contribution in [0.3, 0.4) is 0 Å². The molecule has 2 aromatic rings. The summed E-state index contributed by atoms with van der Waals surface area (Å²) < 4.78 is 32.8. The van der Waals surface area contributed by atoms with Gasteiger partial charge in [0.2, 0.25) is 5.88 Å². The molecule has 0 radical (unpaired) electrons. The van der Waals surface area contributed by atoms with Gasteiger partial charge in [-0.3, -0.25) is 0 Å². The van der Waals surface area contributed by atoms with E-state index in [9.17, 15) is 8.42 Å². The third-order valence-electron chi connectivity index (χ3n) is 2.79. The van der Waals surface area contributed by atoms with E-state index in [2.05, 4.69) is 25.8 Å². The largest absolute Gasteiger partial charge is 0.338 e. The highest BCUT2D eigenvalue weighted by molar-refractivity contribution is 9.10. The number of benzene rings is 1. The van der Waals surface area contributed by atoms with Crippen molar-refractivity contribution in [2.24, 2.45) is 0 Å². The van der Waals surface area contributed by atoms with E-state index in [0.29, 0.717) is 15.7 Å². The molecule has 0 unspecified atom stereocenters. The summed E-state index contributed by atoms with van der Waals surface area (Å²) in [5, 5.41) is 3.82. The second-order valence-corrected chi connectivity index (χ2v) is 7.35. The van der Waals surface area contributed by atoms with Gasteiger partial charge < -0.3 is 4.52 Å². The summed E-state index contributed by atoms with van der Waals surface area (Å²) in [6, 6.07) is 6.67. The van der Waals surface area contributed by atoms with Crippen LogP contribution in [-0.4, -0.2) is 13.6 Å². The molecule has 0 saturated carbocycles. The summed E-state index contributed by atoms with van der Waals surface area (Å²) in [4.78, 5) is 0.203. The van der Waals surface area contributed by atoms with Crippen LogP contribution in [0.1, 0.15) is 31.0 Å². The third kappa shape index (κ3) is 3.21. The fraction of sp³-hybridized carbons (Fsp3) is 0.308. The SMILES string of the molecule is Cc1ccc(Br)cc1S(=O)(=O)Nc1cc(C(C)C)no1. The Morgan fingerprint density at radius 2 is 2.00 bits per heavy atom. The predicted molar refractivity (Wildman–Crippen MR) is 80.3 cm³/mol. The summed E-state index contributed by atoms with van der Waals surface area (Å²) >= 11 is 3.27. The molecule has 0 saturated heterocycles. The molecule has 1 heterocycles. The molecule has 20 heavy (non-hydrogen) atoms. The Morgan fingerprint density at radius 1 is 1.30 bits per heavy atom. The lowest BCUT2D eigenvalue weighted by Gasteiger charge is -2.08. The Labute approximate surface area is 126 Å². The zero-order chi connectivity index (χ0) is 14.9. The van der Waals surface area contributed by atoms with Gasteiger partial charge in [-0.05, 0) is 30.5 Å². The van der Waals surface area contributed by atoms with Gasteiger partial charge in [-0.25, -0.2) is 13.1 Å². The topological polar surface area (TPSA) is 72.2 Å². The van der Waals surface area contributed by atoms with Gasteiger partial charge in [0.05, 0.1) is 10.6 Å². The van der Waals surface area contributed by atoms with Crippen LogP contribution in [0, 0.1) is 6.92 Å². The Bertz CT molecular complexity index is 723. The lowest BCUT2D eigenvalue weighted by Crippen LogP contribution is -2.13. The highest BCUT2D eigenvalue weighted by Crippen LogP contribution is 2.24. The van der Waals surface area contributed by atoms with E-state index < -0.39 is 10.0 Å². The van der Waals surface area contributed by atoms with Gasteiger partial charge in [0.1, 0.15) is 0 Å². The molecular formula is C13H15BrN2O3S. The Hall–Kier alpha value is -1.34. The average Bonchev–Trinajstić information content (AvgIpc) is 2.80. The first-order valence-electron chi connectivity index (χ1n) is 6.05. The smallest absolute Gasteiger partial charge is 0.264 e. The molecule has 0 aliphatic heterocycles. The second-order valence-electron chi connectivity index (χ2n) is 4.79. The predicted octanol–water partition coefficient (Wildman–Crippen LogP) is 3.67. The molecule has 0 aliphatic carbocycles. The number of aromatic nitrogens is 1. The van der Waals surface area contributed by atoms with Crippen molar-refractivity contribution in [1.82, 2.24) is 5.16 Å². The molecule has 0 spiro atoms. The summed E-state index contributed by atoms with van der Waals surface area (Å²) in [5.74, 6) is 0.290. The van der Waals surface area contributed by atoms with Gasteiger partial charge >= 0.3 is 0 Å². The van der Waals surface area contributed by atoms with E-state index in [1.807, 2.05) is 13.8 Å². The van der Waals surface area contributed by atoms with Crippen LogP contribution in [0.5, 0.6) is 0 Å². The van der Waals surface area contributed by atoms with Crippen molar-refractivity contribution in [2.75, 3.05) is 4.72 Å². The van der Waals surface area contributed by atoms with Crippen molar-refractivity contribution in [3.8, 4) is 0 Å². The molecule has 0 amide bonds. The fourth-order valence-corrected chi connectivity index (χ4v) is 3.42. The van der Waals surface area contributed by atoms with E-state index in [1.165, 1.54) is 0 Å². The van der Waals surface area contributed by atoms with Gasteiger partial charge in [-0.1, -0.05) is 41.0 Å². The number of rotatable bonds is 4. The number of nitrogens with one attached hydrogen (secondary N) is 1. The van der Waals surface area contributed by atoms with E-state index in [0.717, 1.165) is 0 Å². The van der Waals surface area contributed by atoms with Crippen LogP contribution in [0.15, 0.2) is 38.2 Å². The highest BCUT2D eigenvalue weighted by Gasteiger charge is 2.20. The van der Waals surface area contributed by atoms with Crippen LogP contribution in [0.2, 0.25) is 0 Å². The molecule has 0 aliphatic rings. The monoisotopic (exact) mass is 358 g/mol. The van der Waals surface area contributed by atoms with Crippen LogP contribution < -0.4 is 4.72 Å². The lowest BCUT2D eigenvalue weighted by atomic mass is 10.1. The highest BCUT2D eigenvalue weighted by atomic mass is 79.9. The zero-order valence-electron chi connectivity index (χ0n) is 11.3. The number of anilines is 1. The van der Waals surface area contributed by atoms with Crippen LogP contribution in [0.25, 0.3) is 0 Å². The quantitative estimate of drug-likeness (QED) is 0.904. The first-order chi connectivity index (χ1) is 9.29. The normalized spacial score (nSPS) is 11.8. The minimum Gasteiger partial charge on any atom is -0.338 e. The molecule has 7 heteroatoms. The number of hydrogen-bond donors (Lipinski definition) is 1. The fourth-order valence-electron chi connectivity index (χ4n) is 1.66. The van der Waals surface area contributed by atoms with Crippen molar-refractivity contribution in [1.29, 1.82) is 0 Å². The lowest BCUT2D eigenvalue weighted by molar-refractivity contribution is 0.423. The van der Waals surface area contributed by atoms with Gasteiger partial charge in [-0.15, -0.1) is 0 Å². The van der Waals surface area contributed by atoms with Gasteiger partial charge in [0, 0.05) is 10.5 Å². The molecular weight excluding hydrogens is 344 g/mol. The molecule has 1 aromatic carbocycles. The number of halogens is 1. The van der Waals surface area contributed by atoms with E-state index >= 15 is 0 Å². The second kappa shape index (κ2) is 5.57. The molecule has 108 valence electrons. The summed E-state index contributed by atoms with van der Waals surface area (Å²) in [7, 11) is -3.69. The van der Waals surface area contributed by atoms with Crippen molar-refractivity contribution in [2.45, 2.75) is 31.6 Å².